The van der Waals surface area contributed by atoms with E-state index in [-0.39, 0.29) is 12.0 Å². The Balaban J connectivity index is 2.18. The number of hydrogen-bond donors (Lipinski definition) is 1. The Morgan fingerprint density at radius 2 is 1.82 bits per heavy atom. The molecule has 0 amide bonds. The zero-order chi connectivity index (χ0) is 16.5. The zero-order valence-electron chi connectivity index (χ0n) is 12.3. The molecule has 1 N–H and O–H groups in total. The first-order chi connectivity index (χ1) is 10.1. The van der Waals surface area contributed by atoms with Crippen LogP contribution in [0.25, 0.3) is 0 Å². The van der Waals surface area contributed by atoms with Crippen LogP contribution in [-0.4, -0.2) is 37.5 Å². The second-order valence-corrected chi connectivity index (χ2v) is 7.27. The molecule has 1 aliphatic rings. The third kappa shape index (κ3) is 3.80. The molecule has 3 atom stereocenters. The van der Waals surface area contributed by atoms with Crippen molar-refractivity contribution in [3.05, 3.63) is 35.9 Å². The van der Waals surface area contributed by atoms with Gasteiger partial charge in [0.05, 0.1) is 0 Å². The molecule has 0 spiro atoms. The highest BCUT2D eigenvalue weighted by molar-refractivity contribution is 7.87. The highest BCUT2D eigenvalue weighted by atomic mass is 32.2. The normalized spacial score (nSPS) is 27.2. The summed E-state index contributed by atoms with van der Waals surface area (Å²) in [5, 5.41) is 0. The number of alkyl halides is 3. The number of nitrogens with one attached hydrogen (secondary N) is 1. The van der Waals surface area contributed by atoms with Crippen molar-refractivity contribution in [1.82, 2.24) is 9.03 Å². The van der Waals surface area contributed by atoms with Gasteiger partial charge in [0.25, 0.3) is 10.2 Å². The predicted molar refractivity (Wildman–Crippen MR) is 77.5 cm³/mol. The molecule has 0 bridgehead atoms. The zero-order valence-corrected chi connectivity index (χ0v) is 13.2. The smallest absolute Gasteiger partial charge is 0.195 e. The molecule has 124 valence electrons. The molecular weight excluding hydrogens is 317 g/mol. The van der Waals surface area contributed by atoms with Gasteiger partial charge in [-0.2, -0.15) is 30.6 Å². The molecule has 0 radical (unpaired) electrons. The van der Waals surface area contributed by atoms with E-state index in [1.165, 1.54) is 0 Å². The molecule has 1 fully saturated rings. The predicted octanol–water partition coefficient (Wildman–Crippen LogP) is 2.65. The summed E-state index contributed by atoms with van der Waals surface area (Å²) >= 11 is 0. The molecule has 0 unspecified atom stereocenters. The number of benzene rings is 1. The monoisotopic (exact) mass is 336 g/mol. The molecule has 1 heterocycles. The van der Waals surface area contributed by atoms with Gasteiger partial charge in [0.2, 0.25) is 0 Å². The third-order valence-electron chi connectivity index (χ3n) is 3.97. The molecule has 1 aliphatic heterocycles. The van der Waals surface area contributed by atoms with Crippen molar-refractivity contribution >= 4 is 10.2 Å². The largest absolute Gasteiger partial charge is 0.402 e. The summed E-state index contributed by atoms with van der Waals surface area (Å²) in [7, 11) is -4.17. The molecule has 1 aromatic carbocycles. The van der Waals surface area contributed by atoms with E-state index in [1.54, 1.807) is 18.6 Å². The Bertz CT molecular complexity index is 604. The summed E-state index contributed by atoms with van der Waals surface area (Å²) in [6.07, 6.45) is -3.99. The van der Waals surface area contributed by atoms with Crippen LogP contribution < -0.4 is 4.72 Å². The fraction of sp³-hybridized carbons (Fsp3) is 0.571. The van der Waals surface area contributed by atoms with Crippen molar-refractivity contribution in [2.24, 2.45) is 0 Å². The first-order valence-corrected chi connectivity index (χ1v) is 8.45. The van der Waals surface area contributed by atoms with Gasteiger partial charge in [-0.3, -0.25) is 0 Å². The fourth-order valence-corrected chi connectivity index (χ4v) is 4.70. The fourth-order valence-electron chi connectivity index (χ4n) is 3.07. The second-order valence-electron chi connectivity index (χ2n) is 5.61. The summed E-state index contributed by atoms with van der Waals surface area (Å²) in [4.78, 5) is 0. The highest BCUT2D eigenvalue weighted by Gasteiger charge is 2.44. The summed E-state index contributed by atoms with van der Waals surface area (Å²) in [5.41, 5.74) is 0.996. The van der Waals surface area contributed by atoms with Gasteiger partial charge in [-0.25, -0.2) is 0 Å². The molecule has 1 saturated heterocycles. The first kappa shape index (κ1) is 17.2. The molecular formula is C14H19F3N2O2S. The van der Waals surface area contributed by atoms with Gasteiger partial charge in [-0.1, -0.05) is 30.3 Å². The molecule has 22 heavy (non-hydrogen) atoms. The van der Waals surface area contributed by atoms with Gasteiger partial charge in [0.1, 0.15) is 6.54 Å². The lowest BCUT2D eigenvalue weighted by atomic mass is 9.92. The molecule has 8 heteroatoms. The van der Waals surface area contributed by atoms with Crippen molar-refractivity contribution in [2.45, 2.75) is 44.4 Å². The van der Waals surface area contributed by atoms with Gasteiger partial charge in [-0.15, -0.1) is 0 Å². The van der Waals surface area contributed by atoms with Crippen molar-refractivity contribution in [2.75, 3.05) is 6.54 Å². The summed E-state index contributed by atoms with van der Waals surface area (Å²) in [6.45, 7) is 1.89. The molecule has 0 saturated carbocycles. The Morgan fingerprint density at radius 1 is 1.23 bits per heavy atom. The maximum Gasteiger partial charge on any atom is 0.402 e. The van der Waals surface area contributed by atoms with Gasteiger partial charge < -0.3 is 0 Å². The van der Waals surface area contributed by atoms with Crippen LogP contribution in [0.4, 0.5) is 13.2 Å². The molecule has 0 aromatic heterocycles. The maximum absolute atomic E-state index is 12.3. The van der Waals surface area contributed by atoms with Crippen LogP contribution in [0.1, 0.15) is 31.7 Å². The quantitative estimate of drug-likeness (QED) is 0.919. The van der Waals surface area contributed by atoms with Gasteiger partial charge in [0, 0.05) is 18.0 Å². The Hall–Kier alpha value is -1.12. The van der Waals surface area contributed by atoms with Crippen LogP contribution in [0.3, 0.4) is 0 Å². The van der Waals surface area contributed by atoms with Crippen LogP contribution in [0, 0.1) is 0 Å². The average Bonchev–Trinajstić information content (AvgIpc) is 2.73. The van der Waals surface area contributed by atoms with E-state index >= 15 is 0 Å². The van der Waals surface area contributed by atoms with Crippen molar-refractivity contribution < 1.29 is 21.6 Å². The van der Waals surface area contributed by atoms with Crippen molar-refractivity contribution in [3.8, 4) is 0 Å². The van der Waals surface area contributed by atoms with E-state index in [2.05, 4.69) is 0 Å². The third-order valence-corrected chi connectivity index (χ3v) is 5.73. The van der Waals surface area contributed by atoms with E-state index in [0.717, 1.165) is 9.87 Å². The Morgan fingerprint density at radius 3 is 2.36 bits per heavy atom. The standard InChI is InChI=1S/C14H19F3N2O2S/c1-10-8-13(12-6-4-3-5-7-12)11(2)19(10)22(20,21)18-9-14(15,16)17/h3-7,10-11,13,18H,8-9H2,1-2H3/t10-,11+,13-/m1/s1. The highest BCUT2D eigenvalue weighted by Crippen LogP contribution is 2.38. The van der Waals surface area contributed by atoms with E-state index in [0.29, 0.717) is 6.42 Å². The topological polar surface area (TPSA) is 49.4 Å². The average molecular weight is 336 g/mol. The lowest BCUT2D eigenvalue weighted by Gasteiger charge is -2.27. The minimum atomic E-state index is -4.57. The lowest BCUT2D eigenvalue weighted by molar-refractivity contribution is -0.121. The van der Waals surface area contributed by atoms with Crippen LogP contribution in [0.15, 0.2) is 30.3 Å². The number of rotatable bonds is 4. The Kier molecular flexibility index (Phi) is 4.84. The van der Waals surface area contributed by atoms with Gasteiger partial charge >= 0.3 is 6.18 Å². The van der Waals surface area contributed by atoms with E-state index < -0.39 is 29.0 Å². The second kappa shape index (κ2) is 6.17. The Labute approximate surface area is 128 Å². The summed E-state index contributed by atoms with van der Waals surface area (Å²) in [5.74, 6) is -0.0290. The van der Waals surface area contributed by atoms with E-state index in [1.807, 2.05) is 30.3 Å². The first-order valence-electron chi connectivity index (χ1n) is 7.01. The van der Waals surface area contributed by atoms with Crippen LogP contribution in [-0.2, 0) is 10.2 Å². The number of hydrogen-bond acceptors (Lipinski definition) is 2. The molecule has 1 aromatic rings. The van der Waals surface area contributed by atoms with E-state index in [4.69, 9.17) is 0 Å². The number of halogens is 3. The number of nitrogens with zero attached hydrogens (tertiary/aromatic N) is 1. The molecule has 2 rings (SSSR count). The van der Waals surface area contributed by atoms with Crippen LogP contribution in [0.5, 0.6) is 0 Å². The molecule has 4 nitrogen and oxygen atoms in total. The summed E-state index contributed by atoms with van der Waals surface area (Å²) in [6, 6.07) is 8.66. The van der Waals surface area contributed by atoms with Crippen molar-refractivity contribution in [3.63, 3.8) is 0 Å². The maximum atomic E-state index is 12.3. The van der Waals surface area contributed by atoms with Crippen LogP contribution >= 0.6 is 0 Å². The van der Waals surface area contributed by atoms with Crippen LogP contribution in [0.2, 0.25) is 0 Å². The minimum absolute atomic E-state index is 0.0290. The van der Waals surface area contributed by atoms with Gasteiger partial charge in [0.15, 0.2) is 0 Å². The summed E-state index contributed by atoms with van der Waals surface area (Å²) < 4.78 is 64.0. The van der Waals surface area contributed by atoms with E-state index in [9.17, 15) is 21.6 Å². The van der Waals surface area contributed by atoms with Crippen molar-refractivity contribution in [1.29, 1.82) is 0 Å². The SMILES string of the molecule is C[C@@H]1C[C@@H](c2ccccc2)[C@H](C)N1S(=O)(=O)NCC(F)(F)F. The molecule has 0 aliphatic carbocycles. The minimum Gasteiger partial charge on any atom is -0.195 e. The van der Waals surface area contributed by atoms with Gasteiger partial charge in [-0.05, 0) is 25.8 Å². The lowest BCUT2D eigenvalue weighted by Crippen LogP contribution is -2.48.